The van der Waals surface area contributed by atoms with Crippen LogP contribution in [0.1, 0.15) is 35.8 Å². The third-order valence-corrected chi connectivity index (χ3v) is 5.87. The lowest BCUT2D eigenvalue weighted by Gasteiger charge is -2.19. The van der Waals surface area contributed by atoms with E-state index in [2.05, 4.69) is 15.9 Å². The van der Waals surface area contributed by atoms with Gasteiger partial charge in [-0.2, -0.15) is 0 Å². The van der Waals surface area contributed by atoms with Gasteiger partial charge in [-0.05, 0) is 55.7 Å². The molecule has 2 aromatic carbocycles. The molecule has 0 aliphatic rings. The fraction of sp³-hybridized carbons (Fsp3) is 0.217. The highest BCUT2D eigenvalue weighted by atomic mass is 79.9. The molecular formula is C23H21BrClNO3. The summed E-state index contributed by atoms with van der Waals surface area (Å²) in [5.41, 5.74) is 2.57. The first-order chi connectivity index (χ1) is 13.8. The number of benzene rings is 2. The van der Waals surface area contributed by atoms with Crippen LogP contribution in [0.5, 0.6) is 5.75 Å². The Labute approximate surface area is 183 Å². The van der Waals surface area contributed by atoms with Crippen molar-refractivity contribution in [2.75, 3.05) is 7.11 Å². The van der Waals surface area contributed by atoms with Gasteiger partial charge >= 0.3 is 0 Å². The summed E-state index contributed by atoms with van der Waals surface area (Å²) >= 11 is 9.71. The lowest BCUT2D eigenvalue weighted by Crippen LogP contribution is -2.24. The zero-order chi connectivity index (χ0) is 21.1. The van der Waals surface area contributed by atoms with Crippen LogP contribution in [0.15, 0.2) is 64.0 Å². The number of aromatic nitrogens is 1. The number of hydrogen-bond acceptors (Lipinski definition) is 3. The van der Waals surface area contributed by atoms with E-state index < -0.39 is 0 Å². The van der Waals surface area contributed by atoms with E-state index in [1.54, 1.807) is 36.1 Å². The van der Waals surface area contributed by atoms with Crippen molar-refractivity contribution >= 4 is 33.3 Å². The second-order valence-electron chi connectivity index (χ2n) is 6.89. The number of ketones is 1. The number of nitrogens with zero attached hydrogens (tertiary/aromatic N) is 1. The fourth-order valence-electron chi connectivity index (χ4n) is 3.37. The maximum absolute atomic E-state index is 12.9. The molecule has 1 atom stereocenters. The number of ether oxygens (including phenoxy) is 1. The van der Waals surface area contributed by atoms with E-state index in [-0.39, 0.29) is 17.4 Å². The van der Waals surface area contributed by atoms with Gasteiger partial charge in [0.1, 0.15) is 5.75 Å². The van der Waals surface area contributed by atoms with Crippen LogP contribution >= 0.6 is 27.5 Å². The van der Waals surface area contributed by atoms with Crippen LogP contribution in [0.4, 0.5) is 0 Å². The van der Waals surface area contributed by atoms with Crippen LogP contribution in [0.2, 0.25) is 5.02 Å². The molecule has 0 aliphatic heterocycles. The minimum absolute atomic E-state index is 0.0872. The minimum Gasteiger partial charge on any atom is -0.495 e. The first-order valence-corrected chi connectivity index (χ1v) is 10.3. The molecule has 0 bridgehead atoms. The van der Waals surface area contributed by atoms with E-state index in [0.29, 0.717) is 33.9 Å². The van der Waals surface area contributed by atoms with E-state index in [9.17, 15) is 9.59 Å². The summed E-state index contributed by atoms with van der Waals surface area (Å²) in [6.45, 7) is 3.47. The number of methoxy groups -OCH3 is 1. The Kier molecular flexibility index (Phi) is 6.60. The third kappa shape index (κ3) is 4.62. The van der Waals surface area contributed by atoms with E-state index in [1.807, 2.05) is 31.2 Å². The minimum atomic E-state index is -0.171. The Morgan fingerprint density at radius 3 is 2.55 bits per heavy atom. The molecule has 6 heteroatoms. The zero-order valence-electron chi connectivity index (χ0n) is 16.4. The zero-order valence-corrected chi connectivity index (χ0v) is 18.8. The fourth-order valence-corrected chi connectivity index (χ4v) is 3.99. The van der Waals surface area contributed by atoms with Crippen LogP contribution in [0, 0.1) is 0 Å². The number of Topliss-reactive ketones (excluding diaryl/α,β-unsaturated/α-hetero) is 1. The highest BCUT2D eigenvalue weighted by Gasteiger charge is 2.18. The van der Waals surface area contributed by atoms with Gasteiger partial charge < -0.3 is 9.30 Å². The smallest absolute Gasteiger partial charge is 0.251 e. The molecule has 3 aromatic rings. The first kappa shape index (κ1) is 21.3. The standard InChI is InChI=1S/C23H21BrClNO3/c1-14(10-16-6-4-5-7-21(16)24)26-13-22(29-3)20(12-23(26)28)19-11-17(25)8-9-18(19)15(2)27/h4-9,11-14H,10H2,1-3H3. The highest BCUT2D eigenvalue weighted by molar-refractivity contribution is 9.10. The van der Waals surface area contributed by atoms with Gasteiger partial charge in [0.25, 0.3) is 5.56 Å². The van der Waals surface area contributed by atoms with Crippen LogP contribution in [-0.4, -0.2) is 17.5 Å². The number of rotatable bonds is 6. The third-order valence-electron chi connectivity index (χ3n) is 4.86. The highest BCUT2D eigenvalue weighted by Crippen LogP contribution is 2.34. The molecule has 1 aromatic heterocycles. The van der Waals surface area contributed by atoms with Gasteiger partial charge in [0.15, 0.2) is 5.78 Å². The van der Waals surface area contributed by atoms with E-state index >= 15 is 0 Å². The topological polar surface area (TPSA) is 48.3 Å². The summed E-state index contributed by atoms with van der Waals surface area (Å²) in [6.07, 6.45) is 2.38. The molecule has 1 heterocycles. The van der Waals surface area contributed by atoms with Crippen LogP contribution < -0.4 is 10.3 Å². The van der Waals surface area contributed by atoms with Crippen molar-refractivity contribution in [2.24, 2.45) is 0 Å². The average molecular weight is 475 g/mol. The number of pyridine rings is 1. The molecule has 4 nitrogen and oxygen atoms in total. The van der Waals surface area contributed by atoms with Crippen molar-refractivity contribution in [1.29, 1.82) is 0 Å². The quantitative estimate of drug-likeness (QED) is 0.415. The molecule has 150 valence electrons. The van der Waals surface area contributed by atoms with Crippen LogP contribution in [-0.2, 0) is 6.42 Å². The predicted molar refractivity (Wildman–Crippen MR) is 120 cm³/mol. The monoisotopic (exact) mass is 473 g/mol. The molecular weight excluding hydrogens is 454 g/mol. The summed E-state index contributed by atoms with van der Waals surface area (Å²) in [4.78, 5) is 25.0. The Morgan fingerprint density at radius 1 is 1.17 bits per heavy atom. The van der Waals surface area contributed by atoms with Gasteiger partial charge in [-0.25, -0.2) is 0 Å². The predicted octanol–water partition coefficient (Wildman–Crippen LogP) is 5.95. The molecule has 0 fully saturated rings. The average Bonchev–Trinajstić information content (AvgIpc) is 2.69. The van der Waals surface area contributed by atoms with Gasteiger partial charge in [0.05, 0.1) is 13.3 Å². The maximum Gasteiger partial charge on any atom is 0.251 e. The molecule has 1 unspecified atom stereocenters. The summed E-state index contributed by atoms with van der Waals surface area (Å²) in [7, 11) is 1.55. The van der Waals surface area contributed by atoms with E-state index in [1.165, 1.54) is 13.0 Å². The number of carbonyl (C=O) groups is 1. The molecule has 0 saturated carbocycles. The molecule has 0 N–H and O–H groups in total. The SMILES string of the molecule is COc1cn(C(C)Cc2ccccc2Br)c(=O)cc1-c1cc(Cl)ccc1C(C)=O. The summed E-state index contributed by atoms with van der Waals surface area (Å²) in [5, 5.41) is 0.485. The van der Waals surface area contributed by atoms with Gasteiger partial charge in [-0.15, -0.1) is 0 Å². The maximum atomic E-state index is 12.9. The Bertz CT molecular complexity index is 1120. The molecule has 0 saturated heterocycles. The van der Waals surface area contributed by atoms with Crippen LogP contribution in [0.3, 0.4) is 0 Å². The van der Waals surface area contributed by atoms with E-state index in [4.69, 9.17) is 16.3 Å². The lowest BCUT2D eigenvalue weighted by atomic mass is 9.97. The van der Waals surface area contributed by atoms with Crippen molar-refractivity contribution in [3.8, 4) is 16.9 Å². The number of hydrogen-bond donors (Lipinski definition) is 0. The molecule has 29 heavy (non-hydrogen) atoms. The Morgan fingerprint density at radius 2 is 1.90 bits per heavy atom. The molecule has 3 rings (SSSR count). The van der Waals surface area contributed by atoms with Crippen molar-refractivity contribution in [3.05, 3.63) is 85.7 Å². The molecule has 0 radical (unpaired) electrons. The summed E-state index contributed by atoms with van der Waals surface area (Å²) in [6, 6.07) is 14.4. The van der Waals surface area contributed by atoms with Gasteiger partial charge in [-0.1, -0.05) is 45.7 Å². The first-order valence-electron chi connectivity index (χ1n) is 9.16. The Balaban J connectivity index is 2.08. The Hall–Kier alpha value is -2.37. The number of carbonyl (C=O) groups excluding carboxylic acids is 1. The van der Waals surface area contributed by atoms with Crippen molar-refractivity contribution < 1.29 is 9.53 Å². The molecule has 0 amide bonds. The normalized spacial score (nSPS) is 11.9. The van der Waals surface area contributed by atoms with Gasteiger partial charge in [0.2, 0.25) is 0 Å². The second kappa shape index (κ2) is 8.97. The van der Waals surface area contributed by atoms with Gasteiger partial charge in [-0.3, -0.25) is 9.59 Å². The summed E-state index contributed by atoms with van der Waals surface area (Å²) < 4.78 is 8.23. The largest absolute Gasteiger partial charge is 0.495 e. The lowest BCUT2D eigenvalue weighted by molar-refractivity contribution is 0.101. The van der Waals surface area contributed by atoms with Crippen LogP contribution in [0.25, 0.3) is 11.1 Å². The molecule has 0 spiro atoms. The summed E-state index contributed by atoms with van der Waals surface area (Å²) in [5.74, 6) is 0.401. The van der Waals surface area contributed by atoms with Crippen molar-refractivity contribution in [2.45, 2.75) is 26.3 Å². The van der Waals surface area contributed by atoms with Gasteiger partial charge in [0, 0.05) is 32.7 Å². The van der Waals surface area contributed by atoms with Crippen molar-refractivity contribution in [1.82, 2.24) is 4.57 Å². The van der Waals surface area contributed by atoms with E-state index in [0.717, 1.165) is 10.0 Å². The molecule has 0 aliphatic carbocycles. The number of halogens is 2. The second-order valence-corrected chi connectivity index (χ2v) is 8.18. The van der Waals surface area contributed by atoms with Crippen molar-refractivity contribution in [3.63, 3.8) is 0 Å².